The first-order valence-corrected chi connectivity index (χ1v) is 6.99. The van der Waals surface area contributed by atoms with Gasteiger partial charge in [-0.25, -0.2) is 4.39 Å². The summed E-state index contributed by atoms with van der Waals surface area (Å²) in [5, 5.41) is 23.2. The SMILES string of the molecule is CC(C)C[C@H](NC(=O)CNC(=O)c1cccc(F)c1)B(O)O. The Kier molecular flexibility index (Phi) is 7.00. The van der Waals surface area contributed by atoms with Crippen molar-refractivity contribution in [3.63, 3.8) is 0 Å². The monoisotopic (exact) mass is 310 g/mol. The van der Waals surface area contributed by atoms with Crippen LogP contribution in [0.3, 0.4) is 0 Å². The zero-order chi connectivity index (χ0) is 16.7. The number of halogens is 1. The first-order chi connectivity index (χ1) is 10.3. The van der Waals surface area contributed by atoms with Crippen molar-refractivity contribution < 1.29 is 24.0 Å². The van der Waals surface area contributed by atoms with E-state index in [1.807, 2.05) is 13.8 Å². The van der Waals surface area contributed by atoms with E-state index in [0.717, 1.165) is 6.07 Å². The molecule has 0 spiro atoms. The van der Waals surface area contributed by atoms with E-state index in [2.05, 4.69) is 10.6 Å². The summed E-state index contributed by atoms with van der Waals surface area (Å²) >= 11 is 0. The van der Waals surface area contributed by atoms with Crippen LogP contribution in [0.2, 0.25) is 0 Å². The van der Waals surface area contributed by atoms with Crippen molar-refractivity contribution in [3.8, 4) is 0 Å². The molecule has 8 heteroatoms. The Morgan fingerprint density at radius 3 is 2.55 bits per heavy atom. The molecule has 0 saturated heterocycles. The van der Waals surface area contributed by atoms with Gasteiger partial charge >= 0.3 is 7.12 Å². The standard InChI is InChI=1S/C14H20BFN2O4/c1-9(2)6-12(15(21)22)18-13(19)8-17-14(20)10-4-3-5-11(16)7-10/h3-5,7,9,12,21-22H,6,8H2,1-2H3,(H,17,20)(H,18,19)/t12-/m0/s1. The molecule has 0 radical (unpaired) electrons. The molecule has 0 saturated carbocycles. The van der Waals surface area contributed by atoms with Crippen molar-refractivity contribution in [2.45, 2.75) is 26.2 Å². The van der Waals surface area contributed by atoms with Gasteiger partial charge in [0.15, 0.2) is 0 Å². The van der Waals surface area contributed by atoms with Crippen LogP contribution in [0.1, 0.15) is 30.6 Å². The third-order valence-corrected chi connectivity index (χ3v) is 2.93. The van der Waals surface area contributed by atoms with Gasteiger partial charge in [0.05, 0.1) is 12.5 Å². The molecule has 4 N–H and O–H groups in total. The molecule has 0 aliphatic carbocycles. The first kappa shape index (κ1) is 18.1. The summed E-state index contributed by atoms with van der Waals surface area (Å²) in [5.74, 6) is -2.33. The number of hydrogen-bond acceptors (Lipinski definition) is 4. The fourth-order valence-electron chi connectivity index (χ4n) is 1.91. The lowest BCUT2D eigenvalue weighted by Gasteiger charge is -2.19. The molecule has 2 amide bonds. The van der Waals surface area contributed by atoms with E-state index in [9.17, 15) is 24.0 Å². The Morgan fingerprint density at radius 2 is 2.00 bits per heavy atom. The van der Waals surface area contributed by atoms with Crippen LogP contribution in [-0.2, 0) is 4.79 Å². The molecule has 1 atom stereocenters. The Balaban J connectivity index is 2.49. The van der Waals surface area contributed by atoms with Gasteiger partial charge in [0, 0.05) is 5.56 Å². The molecule has 22 heavy (non-hydrogen) atoms. The lowest BCUT2D eigenvalue weighted by molar-refractivity contribution is -0.120. The van der Waals surface area contributed by atoms with Gasteiger partial charge in [-0.05, 0) is 30.5 Å². The van der Waals surface area contributed by atoms with E-state index in [-0.39, 0.29) is 18.0 Å². The minimum absolute atomic E-state index is 0.105. The Labute approximate surface area is 128 Å². The number of rotatable bonds is 7. The van der Waals surface area contributed by atoms with Crippen molar-refractivity contribution >= 4 is 18.9 Å². The van der Waals surface area contributed by atoms with Gasteiger partial charge in [-0.2, -0.15) is 0 Å². The molecule has 0 heterocycles. The zero-order valence-electron chi connectivity index (χ0n) is 12.5. The van der Waals surface area contributed by atoms with Crippen LogP contribution in [0.15, 0.2) is 24.3 Å². The number of carbonyl (C=O) groups excluding carboxylic acids is 2. The topological polar surface area (TPSA) is 98.7 Å². The third kappa shape index (κ3) is 6.23. The molecule has 120 valence electrons. The van der Waals surface area contributed by atoms with E-state index in [1.54, 1.807) is 0 Å². The highest BCUT2D eigenvalue weighted by Crippen LogP contribution is 2.06. The summed E-state index contributed by atoms with van der Waals surface area (Å²) in [5.41, 5.74) is 0.105. The van der Waals surface area contributed by atoms with Gasteiger partial charge in [-0.15, -0.1) is 0 Å². The number of nitrogens with one attached hydrogen (secondary N) is 2. The van der Waals surface area contributed by atoms with Gasteiger partial charge in [-0.3, -0.25) is 9.59 Å². The predicted molar refractivity (Wildman–Crippen MR) is 80.3 cm³/mol. The van der Waals surface area contributed by atoms with E-state index < -0.39 is 30.7 Å². The fourth-order valence-corrected chi connectivity index (χ4v) is 1.91. The highest BCUT2D eigenvalue weighted by atomic mass is 19.1. The second-order valence-corrected chi connectivity index (χ2v) is 5.41. The van der Waals surface area contributed by atoms with Gasteiger partial charge in [0.1, 0.15) is 5.82 Å². The normalized spacial score (nSPS) is 11.9. The van der Waals surface area contributed by atoms with E-state index in [0.29, 0.717) is 6.42 Å². The summed E-state index contributed by atoms with van der Waals surface area (Å²) in [6.45, 7) is 3.43. The molecule has 1 rings (SSSR count). The summed E-state index contributed by atoms with van der Waals surface area (Å²) in [6.07, 6.45) is 0.390. The third-order valence-electron chi connectivity index (χ3n) is 2.93. The molecule has 1 aromatic rings. The molecule has 0 aliphatic heterocycles. The smallest absolute Gasteiger partial charge is 0.426 e. The van der Waals surface area contributed by atoms with Crippen LogP contribution in [0, 0.1) is 11.7 Å². The molecular weight excluding hydrogens is 290 g/mol. The summed E-state index contributed by atoms with van der Waals surface area (Å²) in [4.78, 5) is 23.5. The largest absolute Gasteiger partial charge is 0.475 e. The molecule has 0 unspecified atom stereocenters. The Hall–Kier alpha value is -1.93. The quantitative estimate of drug-likeness (QED) is 0.537. The van der Waals surface area contributed by atoms with E-state index in [4.69, 9.17) is 0 Å². The Bertz CT molecular complexity index is 525. The summed E-state index contributed by atoms with van der Waals surface area (Å²) in [7, 11) is -1.68. The lowest BCUT2D eigenvalue weighted by atomic mass is 9.75. The average molecular weight is 310 g/mol. The zero-order valence-corrected chi connectivity index (χ0v) is 12.5. The molecule has 1 aromatic carbocycles. The Morgan fingerprint density at radius 1 is 1.32 bits per heavy atom. The van der Waals surface area contributed by atoms with Crippen LogP contribution in [0.4, 0.5) is 4.39 Å². The minimum atomic E-state index is -1.68. The van der Waals surface area contributed by atoms with Crippen LogP contribution < -0.4 is 10.6 Å². The predicted octanol–water partition coefficient (Wildman–Crippen LogP) is 0.0984. The van der Waals surface area contributed by atoms with E-state index in [1.165, 1.54) is 18.2 Å². The van der Waals surface area contributed by atoms with Gasteiger partial charge in [0.2, 0.25) is 5.91 Å². The molecule has 0 aliphatic rings. The van der Waals surface area contributed by atoms with Crippen LogP contribution in [-0.4, -0.2) is 41.5 Å². The number of benzene rings is 1. The number of hydrogen-bond donors (Lipinski definition) is 4. The highest BCUT2D eigenvalue weighted by Gasteiger charge is 2.26. The van der Waals surface area contributed by atoms with Crippen molar-refractivity contribution in [1.82, 2.24) is 10.6 Å². The minimum Gasteiger partial charge on any atom is -0.426 e. The van der Waals surface area contributed by atoms with Crippen LogP contribution in [0.5, 0.6) is 0 Å². The number of carbonyl (C=O) groups is 2. The summed E-state index contributed by atoms with van der Waals surface area (Å²) in [6, 6.07) is 5.09. The summed E-state index contributed by atoms with van der Waals surface area (Å²) < 4.78 is 13.0. The van der Waals surface area contributed by atoms with Gasteiger partial charge in [-0.1, -0.05) is 19.9 Å². The molecule has 0 aromatic heterocycles. The van der Waals surface area contributed by atoms with Crippen LogP contribution in [0.25, 0.3) is 0 Å². The molecule has 0 fully saturated rings. The van der Waals surface area contributed by atoms with Crippen molar-refractivity contribution in [1.29, 1.82) is 0 Å². The molecular formula is C14H20BFN2O4. The van der Waals surface area contributed by atoms with Crippen molar-refractivity contribution in [2.75, 3.05) is 6.54 Å². The van der Waals surface area contributed by atoms with Crippen LogP contribution >= 0.6 is 0 Å². The number of amides is 2. The lowest BCUT2D eigenvalue weighted by Crippen LogP contribution is -2.50. The van der Waals surface area contributed by atoms with Gasteiger partial charge < -0.3 is 20.7 Å². The van der Waals surface area contributed by atoms with E-state index >= 15 is 0 Å². The maximum atomic E-state index is 13.0. The average Bonchev–Trinajstić information content (AvgIpc) is 2.43. The van der Waals surface area contributed by atoms with Crippen molar-refractivity contribution in [2.24, 2.45) is 5.92 Å². The second kappa shape index (κ2) is 8.50. The molecule has 0 bridgehead atoms. The second-order valence-electron chi connectivity index (χ2n) is 5.41. The maximum Gasteiger partial charge on any atom is 0.475 e. The molecule has 6 nitrogen and oxygen atoms in total. The maximum absolute atomic E-state index is 13.0. The first-order valence-electron chi connectivity index (χ1n) is 6.99. The highest BCUT2D eigenvalue weighted by molar-refractivity contribution is 6.43. The fraction of sp³-hybridized carbons (Fsp3) is 0.429. The van der Waals surface area contributed by atoms with Gasteiger partial charge in [0.25, 0.3) is 5.91 Å². The van der Waals surface area contributed by atoms with Crippen molar-refractivity contribution in [3.05, 3.63) is 35.6 Å².